The zero-order valence-corrected chi connectivity index (χ0v) is 13.1. The molecule has 2 aromatic carbocycles. The van der Waals surface area contributed by atoms with E-state index in [0.717, 1.165) is 17.7 Å². The molecule has 0 aliphatic heterocycles. The lowest BCUT2D eigenvalue weighted by Crippen LogP contribution is -2.08. The molecule has 0 fully saturated rings. The van der Waals surface area contributed by atoms with Crippen LogP contribution in [0.3, 0.4) is 0 Å². The second-order valence-electron chi connectivity index (χ2n) is 4.70. The number of nitrogens with two attached hydrogens (primary N) is 1. The Labute approximate surface area is 130 Å². The molecular weight excluding hydrogens is 282 g/mol. The summed E-state index contributed by atoms with van der Waals surface area (Å²) in [5.74, 6) is 2.23. The van der Waals surface area contributed by atoms with Crippen LogP contribution < -0.4 is 5.73 Å². The van der Waals surface area contributed by atoms with Gasteiger partial charge < -0.3 is 5.73 Å². The quantitative estimate of drug-likeness (QED) is 0.613. The maximum atomic E-state index is 5.59. The van der Waals surface area contributed by atoms with E-state index >= 15 is 0 Å². The van der Waals surface area contributed by atoms with Crippen LogP contribution in [0.2, 0.25) is 0 Å². The van der Waals surface area contributed by atoms with E-state index in [0.29, 0.717) is 4.99 Å². The molecule has 3 heteroatoms. The van der Waals surface area contributed by atoms with Gasteiger partial charge in [-0.1, -0.05) is 66.8 Å². The van der Waals surface area contributed by atoms with Crippen molar-refractivity contribution in [2.75, 3.05) is 5.75 Å². The molecule has 0 heterocycles. The van der Waals surface area contributed by atoms with Crippen molar-refractivity contribution < 1.29 is 0 Å². The van der Waals surface area contributed by atoms with Crippen LogP contribution in [0.4, 0.5) is 0 Å². The molecule has 2 N–H and O–H groups in total. The first kappa shape index (κ1) is 15.1. The second-order valence-corrected chi connectivity index (χ2v) is 6.25. The molecule has 0 aliphatic carbocycles. The summed E-state index contributed by atoms with van der Waals surface area (Å²) in [7, 11) is 0. The summed E-state index contributed by atoms with van der Waals surface area (Å²) < 4.78 is 0. The minimum absolute atomic E-state index is 0.465. The van der Waals surface area contributed by atoms with Crippen LogP contribution in [-0.2, 0) is 12.2 Å². The summed E-state index contributed by atoms with van der Waals surface area (Å²) in [5.41, 5.74) is 9.28. The molecule has 0 radical (unpaired) electrons. The lowest BCUT2D eigenvalue weighted by molar-refractivity contribution is 0.933. The van der Waals surface area contributed by atoms with Gasteiger partial charge in [0.2, 0.25) is 0 Å². The Morgan fingerprint density at radius 2 is 1.65 bits per heavy atom. The number of benzene rings is 2. The first-order chi connectivity index (χ1) is 9.75. The molecule has 2 rings (SSSR count). The van der Waals surface area contributed by atoms with Gasteiger partial charge in [-0.2, -0.15) is 11.8 Å². The number of thiocarbonyl (C=S) groups is 1. The van der Waals surface area contributed by atoms with E-state index < -0.39 is 0 Å². The van der Waals surface area contributed by atoms with Crippen molar-refractivity contribution in [1.29, 1.82) is 0 Å². The van der Waals surface area contributed by atoms with E-state index in [9.17, 15) is 0 Å². The molecule has 0 spiro atoms. The third-order valence-corrected chi connectivity index (χ3v) is 4.45. The van der Waals surface area contributed by atoms with E-state index in [4.69, 9.17) is 18.0 Å². The Bertz CT molecular complexity index is 535. The summed E-state index contributed by atoms with van der Waals surface area (Å²) in [6.07, 6.45) is 2.38. The molecule has 0 aromatic heterocycles. The minimum atomic E-state index is 0.465. The summed E-state index contributed by atoms with van der Waals surface area (Å²) in [5, 5.41) is 0. The molecule has 1 nitrogen and oxygen atoms in total. The highest BCUT2D eigenvalue weighted by atomic mass is 32.2. The van der Waals surface area contributed by atoms with Gasteiger partial charge in [0, 0.05) is 11.3 Å². The van der Waals surface area contributed by atoms with Crippen molar-refractivity contribution in [1.82, 2.24) is 0 Å². The lowest BCUT2D eigenvalue weighted by Gasteiger charge is -2.04. The highest BCUT2D eigenvalue weighted by Gasteiger charge is 1.98. The van der Waals surface area contributed by atoms with Crippen LogP contribution in [-0.4, -0.2) is 10.7 Å². The maximum Gasteiger partial charge on any atom is 0.103 e. The fourth-order valence-electron chi connectivity index (χ4n) is 1.98. The van der Waals surface area contributed by atoms with Crippen molar-refractivity contribution in [2.24, 2.45) is 5.73 Å². The molecule has 0 saturated carbocycles. The minimum Gasteiger partial charge on any atom is -0.389 e. The highest BCUT2D eigenvalue weighted by molar-refractivity contribution is 7.98. The van der Waals surface area contributed by atoms with Gasteiger partial charge >= 0.3 is 0 Å². The monoisotopic (exact) mass is 301 g/mol. The van der Waals surface area contributed by atoms with Crippen molar-refractivity contribution in [3.05, 3.63) is 71.3 Å². The van der Waals surface area contributed by atoms with Crippen molar-refractivity contribution >= 4 is 29.0 Å². The number of aryl methyl sites for hydroxylation is 1. The second kappa shape index (κ2) is 8.08. The van der Waals surface area contributed by atoms with E-state index in [1.807, 2.05) is 23.9 Å². The number of hydrogen-bond donors (Lipinski definition) is 1. The summed E-state index contributed by atoms with van der Waals surface area (Å²) >= 11 is 6.92. The Balaban J connectivity index is 1.67. The van der Waals surface area contributed by atoms with Gasteiger partial charge in [-0.05, 0) is 29.7 Å². The van der Waals surface area contributed by atoms with Gasteiger partial charge in [0.25, 0.3) is 0 Å². The molecule has 0 saturated heterocycles. The first-order valence-corrected chi connectivity index (χ1v) is 8.32. The lowest BCUT2D eigenvalue weighted by atomic mass is 10.1. The summed E-state index contributed by atoms with van der Waals surface area (Å²) in [6, 6.07) is 18.9. The maximum absolute atomic E-state index is 5.59. The van der Waals surface area contributed by atoms with Crippen LogP contribution in [0.5, 0.6) is 0 Å². The molecule has 0 bridgehead atoms. The molecule has 0 atom stereocenters. The average molecular weight is 301 g/mol. The zero-order chi connectivity index (χ0) is 14.2. The van der Waals surface area contributed by atoms with Crippen LogP contribution in [0.15, 0.2) is 54.6 Å². The van der Waals surface area contributed by atoms with Crippen molar-refractivity contribution in [3.8, 4) is 0 Å². The number of thioether (sulfide) groups is 1. The molecule has 0 amide bonds. The van der Waals surface area contributed by atoms with E-state index in [1.54, 1.807) is 0 Å². The van der Waals surface area contributed by atoms with Gasteiger partial charge in [-0.15, -0.1) is 0 Å². The highest BCUT2D eigenvalue weighted by Crippen LogP contribution is 2.15. The van der Waals surface area contributed by atoms with Crippen molar-refractivity contribution in [2.45, 2.75) is 18.6 Å². The van der Waals surface area contributed by atoms with Gasteiger partial charge in [0.15, 0.2) is 0 Å². The van der Waals surface area contributed by atoms with Crippen LogP contribution >= 0.6 is 24.0 Å². The number of rotatable bonds is 7. The largest absolute Gasteiger partial charge is 0.389 e. The molecule has 0 aliphatic rings. The normalized spacial score (nSPS) is 10.4. The Kier molecular flexibility index (Phi) is 6.09. The fraction of sp³-hybridized carbons (Fsp3) is 0.235. The van der Waals surface area contributed by atoms with Crippen LogP contribution in [0, 0.1) is 0 Å². The molecule has 20 heavy (non-hydrogen) atoms. The molecular formula is C17H19NS2. The van der Waals surface area contributed by atoms with Crippen LogP contribution in [0.25, 0.3) is 0 Å². The van der Waals surface area contributed by atoms with E-state index in [-0.39, 0.29) is 0 Å². The van der Waals surface area contributed by atoms with Gasteiger partial charge in [0.1, 0.15) is 4.99 Å². The van der Waals surface area contributed by atoms with E-state index in [1.165, 1.54) is 23.3 Å². The SMILES string of the molecule is NC(=S)c1ccc(CSCCCc2ccccc2)cc1. The van der Waals surface area contributed by atoms with Gasteiger partial charge in [0.05, 0.1) is 0 Å². The third kappa shape index (κ3) is 4.99. The third-order valence-electron chi connectivity index (χ3n) is 3.10. The van der Waals surface area contributed by atoms with Crippen molar-refractivity contribution in [3.63, 3.8) is 0 Å². The summed E-state index contributed by atoms with van der Waals surface area (Å²) in [6.45, 7) is 0. The Morgan fingerprint density at radius 3 is 2.30 bits per heavy atom. The summed E-state index contributed by atoms with van der Waals surface area (Å²) in [4.78, 5) is 0.465. The molecule has 104 valence electrons. The zero-order valence-electron chi connectivity index (χ0n) is 11.4. The Hall–Kier alpha value is -1.32. The first-order valence-electron chi connectivity index (χ1n) is 6.76. The fourth-order valence-corrected chi connectivity index (χ4v) is 3.04. The van der Waals surface area contributed by atoms with Gasteiger partial charge in [-0.3, -0.25) is 0 Å². The predicted molar refractivity (Wildman–Crippen MR) is 93.3 cm³/mol. The van der Waals surface area contributed by atoms with Crippen LogP contribution in [0.1, 0.15) is 23.1 Å². The molecule has 0 unspecified atom stereocenters. The smallest absolute Gasteiger partial charge is 0.103 e. The predicted octanol–water partition coefficient (Wildman–Crippen LogP) is 4.19. The topological polar surface area (TPSA) is 26.0 Å². The average Bonchev–Trinajstić information content (AvgIpc) is 2.48. The van der Waals surface area contributed by atoms with Gasteiger partial charge in [-0.25, -0.2) is 0 Å². The number of hydrogen-bond acceptors (Lipinski definition) is 2. The molecule has 2 aromatic rings. The standard InChI is InChI=1S/C17H19NS2/c18-17(19)16-10-8-15(9-11-16)13-20-12-4-7-14-5-2-1-3-6-14/h1-3,5-6,8-11H,4,7,12-13H2,(H2,18,19). The Morgan fingerprint density at radius 1 is 0.950 bits per heavy atom. The van der Waals surface area contributed by atoms with E-state index in [2.05, 4.69) is 42.5 Å².